The Kier molecular flexibility index (Phi) is 9.51. The quantitative estimate of drug-likeness (QED) is 0.403. The van der Waals surface area contributed by atoms with Crippen molar-refractivity contribution in [2.75, 3.05) is 26.2 Å². The number of para-hydroxylation sites is 2. The Balaban J connectivity index is 1.66. The lowest BCUT2D eigenvalue weighted by atomic mass is 10.1. The van der Waals surface area contributed by atoms with Gasteiger partial charge in [-0.2, -0.15) is 0 Å². The minimum Gasteiger partial charge on any atom is -0.483 e. The summed E-state index contributed by atoms with van der Waals surface area (Å²) < 4.78 is 7.70. The van der Waals surface area contributed by atoms with E-state index in [4.69, 9.17) is 9.72 Å². The average Bonchev–Trinajstić information content (AvgIpc) is 3.15. The fourth-order valence-electron chi connectivity index (χ4n) is 4.26. The molecule has 3 aromatic rings. The normalized spacial score (nSPS) is 11.3. The molecule has 0 aliphatic carbocycles. The van der Waals surface area contributed by atoms with E-state index in [1.807, 2.05) is 65.8 Å². The molecule has 2 aromatic carbocycles. The molecule has 0 spiro atoms. The lowest BCUT2D eigenvalue weighted by Crippen LogP contribution is -2.39. The SMILES string of the molecule is Cc1ccc(C)c(OCC(=O)NCCc2nc3ccccc3n2CC(=O)N(CC(C)C)CC(C)C)c1. The maximum Gasteiger partial charge on any atom is 0.257 e. The molecule has 36 heavy (non-hydrogen) atoms. The number of benzene rings is 2. The Morgan fingerprint density at radius 2 is 1.72 bits per heavy atom. The fraction of sp³-hybridized carbons (Fsp3) is 0.483. The van der Waals surface area contributed by atoms with Crippen LogP contribution in [0, 0.1) is 25.7 Å². The number of amides is 2. The summed E-state index contributed by atoms with van der Waals surface area (Å²) in [6.07, 6.45) is 0.519. The van der Waals surface area contributed by atoms with Crippen LogP contribution < -0.4 is 10.1 Å². The average molecular weight is 493 g/mol. The Morgan fingerprint density at radius 1 is 1.03 bits per heavy atom. The van der Waals surface area contributed by atoms with Crippen LogP contribution in [-0.4, -0.2) is 52.5 Å². The van der Waals surface area contributed by atoms with E-state index in [9.17, 15) is 9.59 Å². The zero-order valence-electron chi connectivity index (χ0n) is 22.5. The molecule has 2 amide bonds. The van der Waals surface area contributed by atoms with Crippen molar-refractivity contribution >= 4 is 22.8 Å². The molecule has 1 heterocycles. The monoisotopic (exact) mass is 492 g/mol. The van der Waals surface area contributed by atoms with Crippen molar-refractivity contribution in [2.45, 2.75) is 54.5 Å². The van der Waals surface area contributed by atoms with E-state index in [-0.39, 0.29) is 25.0 Å². The third-order valence-electron chi connectivity index (χ3n) is 5.92. The molecular formula is C29H40N4O3. The summed E-state index contributed by atoms with van der Waals surface area (Å²) in [6.45, 7) is 14.5. The van der Waals surface area contributed by atoms with E-state index in [2.05, 4.69) is 33.0 Å². The molecule has 7 nitrogen and oxygen atoms in total. The number of nitrogens with zero attached hydrogens (tertiary/aromatic N) is 3. The first-order valence-electron chi connectivity index (χ1n) is 12.8. The van der Waals surface area contributed by atoms with Crippen LogP contribution in [0.2, 0.25) is 0 Å². The summed E-state index contributed by atoms with van der Waals surface area (Å²) in [4.78, 5) is 32.5. The van der Waals surface area contributed by atoms with E-state index in [1.165, 1.54) is 0 Å². The second-order valence-corrected chi connectivity index (χ2v) is 10.3. The van der Waals surface area contributed by atoms with Crippen molar-refractivity contribution in [2.24, 2.45) is 11.8 Å². The van der Waals surface area contributed by atoms with Crippen LogP contribution in [0.4, 0.5) is 0 Å². The lowest BCUT2D eigenvalue weighted by Gasteiger charge is -2.27. The molecule has 0 aliphatic rings. The van der Waals surface area contributed by atoms with Crippen LogP contribution in [-0.2, 0) is 22.6 Å². The highest BCUT2D eigenvalue weighted by atomic mass is 16.5. The number of rotatable bonds is 12. The van der Waals surface area contributed by atoms with Gasteiger partial charge in [0.05, 0.1) is 11.0 Å². The van der Waals surface area contributed by atoms with E-state index in [0.717, 1.165) is 46.8 Å². The van der Waals surface area contributed by atoms with E-state index >= 15 is 0 Å². The Morgan fingerprint density at radius 3 is 2.42 bits per heavy atom. The van der Waals surface area contributed by atoms with Gasteiger partial charge in [-0.25, -0.2) is 4.98 Å². The Labute approximate surface area is 214 Å². The van der Waals surface area contributed by atoms with Gasteiger partial charge in [0, 0.05) is 26.1 Å². The van der Waals surface area contributed by atoms with Gasteiger partial charge in [0.1, 0.15) is 18.1 Å². The molecule has 7 heteroatoms. The van der Waals surface area contributed by atoms with Crippen molar-refractivity contribution in [1.82, 2.24) is 19.8 Å². The molecule has 3 rings (SSSR count). The number of fused-ring (bicyclic) bond motifs is 1. The van der Waals surface area contributed by atoms with Gasteiger partial charge in [-0.1, -0.05) is 52.0 Å². The molecule has 0 atom stereocenters. The number of aromatic nitrogens is 2. The van der Waals surface area contributed by atoms with E-state index in [0.29, 0.717) is 24.8 Å². The zero-order valence-corrected chi connectivity index (χ0v) is 22.5. The number of nitrogens with one attached hydrogen (secondary N) is 1. The van der Waals surface area contributed by atoms with Crippen molar-refractivity contribution in [3.05, 3.63) is 59.4 Å². The summed E-state index contributed by atoms with van der Waals surface area (Å²) in [5.74, 6) is 2.20. The number of carbonyl (C=O) groups excluding carboxylic acids is 2. The summed E-state index contributed by atoms with van der Waals surface area (Å²) in [6, 6.07) is 13.8. The number of imidazole rings is 1. The maximum absolute atomic E-state index is 13.3. The third kappa shape index (κ3) is 7.57. The third-order valence-corrected chi connectivity index (χ3v) is 5.92. The highest BCUT2D eigenvalue weighted by molar-refractivity contribution is 5.81. The number of hydrogen-bond acceptors (Lipinski definition) is 4. The van der Waals surface area contributed by atoms with Crippen LogP contribution >= 0.6 is 0 Å². The highest BCUT2D eigenvalue weighted by Crippen LogP contribution is 2.19. The first-order valence-corrected chi connectivity index (χ1v) is 12.8. The zero-order chi connectivity index (χ0) is 26.2. The summed E-state index contributed by atoms with van der Waals surface area (Å²) in [5.41, 5.74) is 3.87. The number of ether oxygens (including phenoxy) is 1. The first kappa shape index (κ1) is 27.2. The fourth-order valence-corrected chi connectivity index (χ4v) is 4.26. The van der Waals surface area contributed by atoms with E-state index < -0.39 is 0 Å². The largest absolute Gasteiger partial charge is 0.483 e. The van der Waals surface area contributed by atoms with E-state index in [1.54, 1.807) is 0 Å². The van der Waals surface area contributed by atoms with Gasteiger partial charge in [-0.3, -0.25) is 9.59 Å². The van der Waals surface area contributed by atoms with Crippen molar-refractivity contribution < 1.29 is 14.3 Å². The molecule has 0 radical (unpaired) electrons. The predicted molar refractivity (Wildman–Crippen MR) is 144 cm³/mol. The van der Waals surface area contributed by atoms with Gasteiger partial charge < -0.3 is 19.5 Å². The molecule has 1 N–H and O–H groups in total. The highest BCUT2D eigenvalue weighted by Gasteiger charge is 2.20. The second kappa shape index (κ2) is 12.6. The van der Waals surface area contributed by atoms with Crippen LogP contribution in [0.1, 0.15) is 44.6 Å². The van der Waals surface area contributed by atoms with Crippen molar-refractivity contribution in [3.8, 4) is 5.75 Å². The van der Waals surface area contributed by atoms with Crippen LogP contribution in [0.25, 0.3) is 11.0 Å². The van der Waals surface area contributed by atoms with Gasteiger partial charge >= 0.3 is 0 Å². The van der Waals surface area contributed by atoms with Gasteiger partial charge in [-0.15, -0.1) is 0 Å². The van der Waals surface area contributed by atoms with Gasteiger partial charge in [0.25, 0.3) is 5.91 Å². The molecule has 0 saturated heterocycles. The molecule has 0 aliphatic heterocycles. The molecule has 0 bridgehead atoms. The Bertz CT molecular complexity index is 1170. The van der Waals surface area contributed by atoms with Crippen molar-refractivity contribution in [3.63, 3.8) is 0 Å². The Hall–Kier alpha value is -3.35. The molecule has 1 aromatic heterocycles. The summed E-state index contributed by atoms with van der Waals surface area (Å²) in [5, 5.41) is 2.92. The number of aryl methyl sites for hydroxylation is 2. The van der Waals surface area contributed by atoms with Crippen LogP contribution in [0.5, 0.6) is 5.75 Å². The number of hydrogen-bond donors (Lipinski definition) is 1. The molecule has 194 valence electrons. The molecule has 0 unspecified atom stereocenters. The number of carbonyl (C=O) groups is 2. The van der Waals surface area contributed by atoms with Crippen LogP contribution in [0.3, 0.4) is 0 Å². The lowest BCUT2D eigenvalue weighted by molar-refractivity contribution is -0.133. The topological polar surface area (TPSA) is 76.5 Å². The molecular weight excluding hydrogens is 452 g/mol. The van der Waals surface area contributed by atoms with Crippen molar-refractivity contribution in [1.29, 1.82) is 0 Å². The summed E-state index contributed by atoms with van der Waals surface area (Å²) >= 11 is 0. The maximum atomic E-state index is 13.3. The summed E-state index contributed by atoms with van der Waals surface area (Å²) in [7, 11) is 0. The minimum atomic E-state index is -0.185. The molecule has 0 fully saturated rings. The van der Waals surface area contributed by atoms with Gasteiger partial charge in [0.15, 0.2) is 6.61 Å². The second-order valence-electron chi connectivity index (χ2n) is 10.3. The standard InChI is InChI=1S/C29H40N4O3/c1-20(2)16-32(17-21(3)4)29(35)18-33-25-10-8-7-9-24(25)31-27(33)13-14-30-28(34)19-36-26-15-22(5)11-12-23(26)6/h7-12,15,20-21H,13-14,16-19H2,1-6H3,(H,30,34). The van der Waals surface area contributed by atoms with Gasteiger partial charge in [-0.05, 0) is 55.0 Å². The minimum absolute atomic E-state index is 0.0431. The predicted octanol–water partition coefficient (Wildman–Crippen LogP) is 4.53. The first-order chi connectivity index (χ1) is 17.1. The van der Waals surface area contributed by atoms with Gasteiger partial charge in [0.2, 0.25) is 5.91 Å². The smallest absolute Gasteiger partial charge is 0.257 e. The van der Waals surface area contributed by atoms with Crippen LogP contribution in [0.15, 0.2) is 42.5 Å². The molecule has 0 saturated carbocycles.